The van der Waals surface area contributed by atoms with Gasteiger partial charge in [-0.3, -0.25) is 9.59 Å². The Balaban J connectivity index is 1.87. The van der Waals surface area contributed by atoms with E-state index in [1.807, 2.05) is 44.2 Å². The highest BCUT2D eigenvalue weighted by Crippen LogP contribution is 2.39. The summed E-state index contributed by atoms with van der Waals surface area (Å²) in [6.07, 6.45) is 3.16. The van der Waals surface area contributed by atoms with E-state index in [4.69, 9.17) is 11.6 Å². The van der Waals surface area contributed by atoms with Gasteiger partial charge in [0, 0.05) is 22.2 Å². The van der Waals surface area contributed by atoms with Crippen molar-refractivity contribution in [2.75, 3.05) is 16.8 Å². The highest BCUT2D eigenvalue weighted by molar-refractivity contribution is 8.25. The second kappa shape index (κ2) is 9.50. The molecule has 1 fully saturated rings. The SMILES string of the molecule is Cc1cccc(C)c1NC(=O)C(C(=O)/C=C/c1ccc(Cl)cc1)=C1SCCS1. The van der Waals surface area contributed by atoms with Gasteiger partial charge in [-0.2, -0.15) is 0 Å². The number of anilines is 1. The maximum Gasteiger partial charge on any atom is 0.261 e. The largest absolute Gasteiger partial charge is 0.321 e. The molecule has 0 radical (unpaired) electrons. The number of hydrogen-bond donors (Lipinski definition) is 1. The summed E-state index contributed by atoms with van der Waals surface area (Å²) in [6, 6.07) is 13.0. The monoisotopic (exact) mass is 429 g/mol. The molecule has 3 rings (SSSR count). The summed E-state index contributed by atoms with van der Waals surface area (Å²) >= 11 is 9.02. The number of nitrogens with one attached hydrogen (secondary N) is 1. The van der Waals surface area contributed by atoms with Crippen molar-refractivity contribution in [3.05, 3.63) is 80.1 Å². The minimum absolute atomic E-state index is 0.209. The lowest BCUT2D eigenvalue weighted by Gasteiger charge is -2.13. The van der Waals surface area contributed by atoms with E-state index in [-0.39, 0.29) is 17.3 Å². The van der Waals surface area contributed by atoms with Gasteiger partial charge in [-0.1, -0.05) is 48.0 Å². The first-order chi connectivity index (χ1) is 13.5. The van der Waals surface area contributed by atoms with E-state index in [1.165, 1.54) is 6.08 Å². The van der Waals surface area contributed by atoms with Crippen LogP contribution in [0.1, 0.15) is 16.7 Å². The van der Waals surface area contributed by atoms with Crippen molar-refractivity contribution in [3.63, 3.8) is 0 Å². The van der Waals surface area contributed by atoms with Gasteiger partial charge in [-0.05, 0) is 48.7 Å². The van der Waals surface area contributed by atoms with Gasteiger partial charge in [0.25, 0.3) is 5.91 Å². The molecule has 28 heavy (non-hydrogen) atoms. The maximum atomic E-state index is 13.0. The van der Waals surface area contributed by atoms with Crippen LogP contribution in [0, 0.1) is 13.8 Å². The van der Waals surface area contributed by atoms with Crippen LogP contribution in [0.2, 0.25) is 5.02 Å². The molecule has 1 saturated heterocycles. The molecule has 1 aliphatic rings. The molecule has 1 N–H and O–H groups in total. The van der Waals surface area contributed by atoms with E-state index in [0.29, 0.717) is 5.02 Å². The zero-order valence-electron chi connectivity index (χ0n) is 15.6. The number of ketones is 1. The molecule has 1 amide bonds. The Bertz CT molecular complexity index is 937. The fourth-order valence-electron chi connectivity index (χ4n) is 2.78. The summed E-state index contributed by atoms with van der Waals surface area (Å²) in [6.45, 7) is 3.88. The Morgan fingerprint density at radius 2 is 1.61 bits per heavy atom. The first-order valence-electron chi connectivity index (χ1n) is 8.81. The van der Waals surface area contributed by atoms with Gasteiger partial charge in [0.2, 0.25) is 0 Å². The van der Waals surface area contributed by atoms with E-state index in [9.17, 15) is 9.59 Å². The van der Waals surface area contributed by atoms with Crippen LogP contribution in [0.15, 0.2) is 58.4 Å². The predicted molar refractivity (Wildman–Crippen MR) is 122 cm³/mol. The fourth-order valence-corrected chi connectivity index (χ4v) is 5.45. The zero-order valence-corrected chi connectivity index (χ0v) is 18.0. The van der Waals surface area contributed by atoms with Gasteiger partial charge in [0.15, 0.2) is 5.78 Å². The quantitative estimate of drug-likeness (QED) is 0.367. The van der Waals surface area contributed by atoms with Gasteiger partial charge < -0.3 is 5.32 Å². The molecule has 6 heteroatoms. The van der Waals surface area contributed by atoms with Crippen molar-refractivity contribution in [1.29, 1.82) is 0 Å². The van der Waals surface area contributed by atoms with E-state index in [1.54, 1.807) is 41.7 Å². The van der Waals surface area contributed by atoms with Crippen molar-refractivity contribution >= 4 is 58.6 Å². The number of thioether (sulfide) groups is 2. The Hall–Kier alpha value is -1.95. The van der Waals surface area contributed by atoms with Crippen molar-refractivity contribution < 1.29 is 9.59 Å². The van der Waals surface area contributed by atoms with E-state index in [0.717, 1.165) is 38.1 Å². The van der Waals surface area contributed by atoms with Crippen LogP contribution in [0.25, 0.3) is 6.08 Å². The smallest absolute Gasteiger partial charge is 0.261 e. The number of allylic oxidation sites excluding steroid dienone is 1. The summed E-state index contributed by atoms with van der Waals surface area (Å²) in [5.41, 5.74) is 3.75. The van der Waals surface area contributed by atoms with Crippen LogP contribution in [-0.4, -0.2) is 23.2 Å². The molecule has 1 heterocycles. The summed E-state index contributed by atoms with van der Waals surface area (Å²) in [4.78, 5) is 25.9. The number of aryl methyl sites for hydroxylation is 2. The number of halogens is 1. The summed E-state index contributed by atoms with van der Waals surface area (Å²) < 4.78 is 0.787. The second-order valence-electron chi connectivity index (χ2n) is 6.33. The lowest BCUT2D eigenvalue weighted by atomic mass is 10.1. The third kappa shape index (κ3) is 5.10. The first-order valence-corrected chi connectivity index (χ1v) is 11.2. The van der Waals surface area contributed by atoms with Gasteiger partial charge in [-0.15, -0.1) is 23.5 Å². The Labute approximate surface area is 178 Å². The van der Waals surface area contributed by atoms with Crippen LogP contribution >= 0.6 is 35.1 Å². The fraction of sp³-hybridized carbons (Fsp3) is 0.182. The van der Waals surface area contributed by atoms with Crippen LogP contribution in [-0.2, 0) is 9.59 Å². The molecular formula is C22H20ClNO2S2. The highest BCUT2D eigenvalue weighted by Gasteiger charge is 2.25. The third-order valence-corrected chi connectivity index (χ3v) is 7.21. The molecular weight excluding hydrogens is 410 g/mol. The number of benzene rings is 2. The number of hydrogen-bond acceptors (Lipinski definition) is 4. The minimum Gasteiger partial charge on any atom is -0.321 e. The standard InChI is InChI=1S/C22H20ClNO2S2/c1-14-4-3-5-15(2)20(14)24-21(26)19(22-27-12-13-28-22)18(25)11-8-16-6-9-17(23)10-7-16/h3-11H,12-13H2,1-2H3,(H,24,26)/b11-8+. The van der Waals surface area contributed by atoms with E-state index >= 15 is 0 Å². The van der Waals surface area contributed by atoms with Crippen molar-refractivity contribution in [3.8, 4) is 0 Å². The predicted octanol–water partition coefficient (Wildman–Crippen LogP) is 5.87. The average molecular weight is 430 g/mol. The van der Waals surface area contributed by atoms with Crippen LogP contribution < -0.4 is 5.32 Å². The second-order valence-corrected chi connectivity index (χ2v) is 9.23. The average Bonchev–Trinajstić information content (AvgIpc) is 3.19. The molecule has 0 spiro atoms. The van der Waals surface area contributed by atoms with E-state index < -0.39 is 0 Å². The van der Waals surface area contributed by atoms with Gasteiger partial charge in [0.05, 0.1) is 4.24 Å². The van der Waals surface area contributed by atoms with Crippen molar-refractivity contribution in [2.24, 2.45) is 0 Å². The molecule has 2 aromatic rings. The summed E-state index contributed by atoms with van der Waals surface area (Å²) in [5, 5.41) is 3.58. The number of carbonyl (C=O) groups excluding carboxylic acids is 2. The molecule has 3 nitrogen and oxygen atoms in total. The number of para-hydroxylation sites is 1. The van der Waals surface area contributed by atoms with Gasteiger partial charge in [0.1, 0.15) is 5.57 Å². The normalized spacial score (nSPS) is 13.8. The molecule has 0 aromatic heterocycles. The Morgan fingerprint density at radius 1 is 1.00 bits per heavy atom. The first kappa shape index (κ1) is 20.8. The molecule has 0 saturated carbocycles. The Morgan fingerprint density at radius 3 is 2.21 bits per heavy atom. The minimum atomic E-state index is -0.361. The lowest BCUT2D eigenvalue weighted by molar-refractivity contribution is -0.117. The zero-order chi connectivity index (χ0) is 20.1. The number of amides is 1. The molecule has 0 atom stereocenters. The highest BCUT2D eigenvalue weighted by atomic mass is 35.5. The molecule has 144 valence electrons. The summed E-state index contributed by atoms with van der Waals surface area (Å²) in [7, 11) is 0. The van der Waals surface area contributed by atoms with Crippen LogP contribution in [0.5, 0.6) is 0 Å². The maximum absolute atomic E-state index is 13.0. The molecule has 0 unspecified atom stereocenters. The molecule has 2 aromatic carbocycles. The number of rotatable bonds is 5. The number of carbonyl (C=O) groups is 2. The molecule has 1 aliphatic heterocycles. The van der Waals surface area contributed by atoms with Crippen LogP contribution in [0.3, 0.4) is 0 Å². The molecule has 0 bridgehead atoms. The topological polar surface area (TPSA) is 46.2 Å². The van der Waals surface area contributed by atoms with Gasteiger partial charge in [-0.25, -0.2) is 0 Å². The van der Waals surface area contributed by atoms with Crippen LogP contribution in [0.4, 0.5) is 5.69 Å². The molecule has 0 aliphatic carbocycles. The summed E-state index contributed by atoms with van der Waals surface area (Å²) in [5.74, 6) is 1.14. The third-order valence-electron chi connectivity index (χ3n) is 4.24. The van der Waals surface area contributed by atoms with E-state index in [2.05, 4.69) is 5.32 Å². The van der Waals surface area contributed by atoms with Gasteiger partial charge >= 0.3 is 0 Å². The lowest BCUT2D eigenvalue weighted by Crippen LogP contribution is -2.21. The Kier molecular flexibility index (Phi) is 7.05. The van der Waals surface area contributed by atoms with Crippen molar-refractivity contribution in [2.45, 2.75) is 13.8 Å². The van der Waals surface area contributed by atoms with Crippen molar-refractivity contribution in [1.82, 2.24) is 0 Å².